The second kappa shape index (κ2) is 5.97. The van der Waals surface area contributed by atoms with Crippen LogP contribution in [0.1, 0.15) is 11.1 Å². The zero-order chi connectivity index (χ0) is 14.7. The number of aryl methyl sites for hydroxylation is 1. The molecule has 3 rings (SSSR count). The fraction of sp³-hybridized carbons (Fsp3) is 0.125. The summed E-state index contributed by atoms with van der Waals surface area (Å²) in [4.78, 5) is 4.18. The van der Waals surface area contributed by atoms with Crippen LogP contribution in [0, 0.1) is 6.92 Å². The molecule has 0 saturated carbocycles. The van der Waals surface area contributed by atoms with E-state index in [4.69, 9.17) is 16.3 Å². The minimum Gasteiger partial charge on any atom is -0.423 e. The maximum Gasteiger partial charge on any atom is 0.341 e. The van der Waals surface area contributed by atoms with E-state index in [1.165, 1.54) is 0 Å². The van der Waals surface area contributed by atoms with Crippen molar-refractivity contribution in [1.29, 1.82) is 0 Å². The van der Waals surface area contributed by atoms with E-state index < -0.39 is 0 Å². The minimum absolute atomic E-state index is 0.314. The number of benzene rings is 2. The first-order chi connectivity index (χ1) is 10.3. The monoisotopic (exact) mass is 299 g/mol. The molecular formula is C16H14ClN3O. The van der Waals surface area contributed by atoms with Crippen LogP contribution in [-0.4, -0.2) is 14.8 Å². The molecule has 0 fully saturated rings. The number of para-hydroxylation sites is 1. The number of aromatic nitrogens is 3. The van der Waals surface area contributed by atoms with E-state index in [-0.39, 0.29) is 0 Å². The molecule has 0 aliphatic rings. The topological polar surface area (TPSA) is 39.9 Å². The normalized spacial score (nSPS) is 10.6. The number of ether oxygens (including phenoxy) is 1. The van der Waals surface area contributed by atoms with Crippen molar-refractivity contribution in [2.45, 2.75) is 12.8 Å². The van der Waals surface area contributed by atoms with Crippen molar-refractivity contribution in [1.82, 2.24) is 14.8 Å². The zero-order valence-electron chi connectivity index (χ0n) is 11.5. The average Bonchev–Trinajstić information content (AvgIpc) is 2.99. The van der Waals surface area contributed by atoms with Gasteiger partial charge < -0.3 is 4.74 Å². The van der Waals surface area contributed by atoms with Crippen LogP contribution in [0.15, 0.2) is 54.9 Å². The highest BCUT2D eigenvalue weighted by molar-refractivity contribution is 6.17. The summed E-state index contributed by atoms with van der Waals surface area (Å²) in [7, 11) is 0. The number of rotatable bonds is 4. The molecule has 1 aromatic heterocycles. The van der Waals surface area contributed by atoms with Crippen molar-refractivity contribution in [2.75, 3.05) is 0 Å². The Hall–Kier alpha value is -2.33. The van der Waals surface area contributed by atoms with Crippen molar-refractivity contribution in [3.8, 4) is 17.4 Å². The summed E-state index contributed by atoms with van der Waals surface area (Å²) in [5.74, 6) is 1.17. The Morgan fingerprint density at radius 2 is 1.95 bits per heavy atom. The third-order valence-electron chi connectivity index (χ3n) is 3.10. The molecule has 0 amide bonds. The highest BCUT2D eigenvalue weighted by Crippen LogP contribution is 2.24. The van der Waals surface area contributed by atoms with Gasteiger partial charge in [0.2, 0.25) is 0 Å². The number of hydrogen-bond donors (Lipinski definition) is 0. The summed E-state index contributed by atoms with van der Waals surface area (Å²) in [6.07, 6.45) is 1.63. The molecule has 0 unspecified atom stereocenters. The van der Waals surface area contributed by atoms with Gasteiger partial charge in [0.1, 0.15) is 12.1 Å². The molecule has 0 atom stereocenters. The van der Waals surface area contributed by atoms with Crippen LogP contribution in [0.5, 0.6) is 11.8 Å². The highest BCUT2D eigenvalue weighted by Gasteiger charge is 2.08. The summed E-state index contributed by atoms with van der Waals surface area (Å²) in [6.45, 7) is 1.97. The first-order valence-corrected chi connectivity index (χ1v) is 7.10. The minimum atomic E-state index is 0.314. The summed E-state index contributed by atoms with van der Waals surface area (Å²) in [5.41, 5.74) is 2.95. The average molecular weight is 300 g/mol. The van der Waals surface area contributed by atoms with Crippen molar-refractivity contribution in [3.05, 3.63) is 66.0 Å². The van der Waals surface area contributed by atoms with Gasteiger partial charge in [-0.2, -0.15) is 4.98 Å². The molecule has 3 aromatic rings. The second-order valence-corrected chi connectivity index (χ2v) is 4.91. The summed E-state index contributed by atoms with van der Waals surface area (Å²) < 4.78 is 7.43. The van der Waals surface area contributed by atoms with Gasteiger partial charge in [-0.15, -0.1) is 16.7 Å². The molecule has 0 N–H and O–H groups in total. The Bertz CT molecular complexity index is 740. The Morgan fingerprint density at radius 1 is 1.14 bits per heavy atom. The van der Waals surface area contributed by atoms with E-state index in [0.717, 1.165) is 22.6 Å². The third kappa shape index (κ3) is 3.06. The molecule has 4 nitrogen and oxygen atoms in total. The van der Waals surface area contributed by atoms with E-state index in [9.17, 15) is 0 Å². The van der Waals surface area contributed by atoms with Gasteiger partial charge in [0.05, 0.1) is 5.69 Å². The third-order valence-corrected chi connectivity index (χ3v) is 3.41. The van der Waals surface area contributed by atoms with Crippen LogP contribution in [0.25, 0.3) is 5.69 Å². The molecule has 2 aromatic carbocycles. The smallest absolute Gasteiger partial charge is 0.341 e. The second-order valence-electron chi connectivity index (χ2n) is 4.64. The quantitative estimate of drug-likeness (QED) is 0.681. The predicted octanol–water partition coefficient (Wildman–Crippen LogP) is 4.11. The van der Waals surface area contributed by atoms with Gasteiger partial charge in [0, 0.05) is 5.88 Å². The lowest BCUT2D eigenvalue weighted by atomic mass is 10.1. The Labute approximate surface area is 128 Å². The molecule has 0 aliphatic heterocycles. The van der Waals surface area contributed by atoms with E-state index in [0.29, 0.717) is 11.9 Å². The fourth-order valence-electron chi connectivity index (χ4n) is 1.94. The van der Waals surface area contributed by atoms with Crippen LogP contribution in [0.3, 0.4) is 0 Å². The van der Waals surface area contributed by atoms with Crippen LogP contribution in [-0.2, 0) is 5.88 Å². The predicted molar refractivity (Wildman–Crippen MR) is 82.2 cm³/mol. The summed E-state index contributed by atoms with van der Waals surface area (Å²) in [5, 5.41) is 4.32. The standard InChI is InChI=1S/C16H14ClN3O/c1-12-7-8-13(10-17)9-15(12)21-16-18-11-20(19-16)14-5-3-2-4-6-14/h2-9,11H,10H2,1H3. The largest absolute Gasteiger partial charge is 0.423 e. The number of hydrogen-bond acceptors (Lipinski definition) is 3. The Morgan fingerprint density at radius 3 is 2.71 bits per heavy atom. The van der Waals surface area contributed by atoms with Crippen LogP contribution >= 0.6 is 11.6 Å². The Kier molecular flexibility index (Phi) is 3.88. The summed E-state index contributed by atoms with van der Waals surface area (Å²) >= 11 is 5.85. The van der Waals surface area contributed by atoms with Crippen molar-refractivity contribution >= 4 is 11.6 Å². The van der Waals surface area contributed by atoms with Crippen LogP contribution in [0.4, 0.5) is 0 Å². The first kappa shape index (κ1) is 13.6. The van der Waals surface area contributed by atoms with Gasteiger partial charge in [-0.3, -0.25) is 0 Å². The molecular weight excluding hydrogens is 286 g/mol. The maximum atomic E-state index is 5.85. The van der Waals surface area contributed by atoms with Crippen LogP contribution < -0.4 is 4.74 Å². The van der Waals surface area contributed by atoms with Crippen molar-refractivity contribution in [3.63, 3.8) is 0 Å². The molecule has 106 valence electrons. The van der Waals surface area contributed by atoms with E-state index in [2.05, 4.69) is 10.1 Å². The lowest BCUT2D eigenvalue weighted by molar-refractivity contribution is 0.438. The van der Waals surface area contributed by atoms with Crippen molar-refractivity contribution in [2.24, 2.45) is 0 Å². The van der Waals surface area contributed by atoms with Gasteiger partial charge >= 0.3 is 6.01 Å². The molecule has 1 heterocycles. The van der Waals surface area contributed by atoms with Gasteiger partial charge in [0.25, 0.3) is 0 Å². The highest BCUT2D eigenvalue weighted by atomic mass is 35.5. The molecule has 0 bridgehead atoms. The molecule has 0 saturated heterocycles. The molecule has 21 heavy (non-hydrogen) atoms. The van der Waals surface area contributed by atoms with E-state index in [1.54, 1.807) is 11.0 Å². The molecule has 0 radical (unpaired) electrons. The van der Waals surface area contributed by atoms with Gasteiger partial charge in [0.15, 0.2) is 0 Å². The fourth-order valence-corrected chi connectivity index (χ4v) is 2.10. The number of nitrogens with zero attached hydrogens (tertiary/aromatic N) is 3. The number of halogens is 1. The van der Waals surface area contributed by atoms with Gasteiger partial charge in [-0.05, 0) is 36.2 Å². The Balaban J connectivity index is 1.85. The van der Waals surface area contributed by atoms with Crippen LogP contribution in [0.2, 0.25) is 0 Å². The maximum absolute atomic E-state index is 5.85. The summed E-state index contributed by atoms with van der Waals surface area (Å²) in [6, 6.07) is 15.9. The lowest BCUT2D eigenvalue weighted by Crippen LogP contribution is -1.95. The lowest BCUT2D eigenvalue weighted by Gasteiger charge is -2.06. The SMILES string of the molecule is Cc1ccc(CCl)cc1Oc1ncn(-c2ccccc2)n1. The number of alkyl halides is 1. The van der Waals surface area contributed by atoms with E-state index >= 15 is 0 Å². The molecule has 0 spiro atoms. The molecule has 5 heteroatoms. The first-order valence-electron chi connectivity index (χ1n) is 6.56. The zero-order valence-corrected chi connectivity index (χ0v) is 12.3. The van der Waals surface area contributed by atoms with Gasteiger partial charge in [-0.1, -0.05) is 30.3 Å². The van der Waals surface area contributed by atoms with Gasteiger partial charge in [-0.25, -0.2) is 4.68 Å². The molecule has 0 aliphatic carbocycles. The van der Waals surface area contributed by atoms with Crippen molar-refractivity contribution < 1.29 is 4.74 Å². The van der Waals surface area contributed by atoms with E-state index in [1.807, 2.05) is 55.5 Å².